The zero-order valence-electron chi connectivity index (χ0n) is 17.3. The largest absolute Gasteiger partial charge is 0.323 e. The van der Waals surface area contributed by atoms with Crippen LogP contribution < -0.4 is 5.32 Å². The fraction of sp³-hybridized carbons (Fsp3) is 0.130. The minimum Gasteiger partial charge on any atom is -0.323 e. The molecule has 0 spiro atoms. The van der Waals surface area contributed by atoms with Crippen molar-refractivity contribution < 1.29 is 4.79 Å². The number of nitrogens with zero attached hydrogens (tertiary/aromatic N) is 4. The zero-order valence-corrected chi connectivity index (χ0v) is 19.7. The van der Waals surface area contributed by atoms with Crippen LogP contribution in [0.5, 0.6) is 0 Å². The molecule has 2 aromatic heterocycles. The van der Waals surface area contributed by atoms with Crippen molar-refractivity contribution in [2.75, 3.05) is 11.1 Å². The number of pyridine rings is 1. The Kier molecular flexibility index (Phi) is 6.79. The van der Waals surface area contributed by atoms with Gasteiger partial charge in [-0.15, -0.1) is 10.2 Å². The predicted octanol–water partition coefficient (Wildman–Crippen LogP) is 5.98. The SMILES string of the molecule is Cc1ccc(-n2c(SCC(=O)Nc3c(Cl)cccc3Cl)nnc2-c2ccncc2)c(C)c1. The molecule has 1 N–H and O–H groups in total. The smallest absolute Gasteiger partial charge is 0.234 e. The number of halogens is 2. The summed E-state index contributed by atoms with van der Waals surface area (Å²) in [6, 6.07) is 15.0. The van der Waals surface area contributed by atoms with Gasteiger partial charge in [0.2, 0.25) is 5.91 Å². The summed E-state index contributed by atoms with van der Waals surface area (Å²) in [7, 11) is 0. The number of thioether (sulfide) groups is 1. The van der Waals surface area contributed by atoms with Gasteiger partial charge < -0.3 is 5.32 Å². The van der Waals surface area contributed by atoms with E-state index in [9.17, 15) is 4.79 Å². The van der Waals surface area contributed by atoms with Crippen molar-refractivity contribution in [2.45, 2.75) is 19.0 Å². The molecule has 0 radical (unpaired) electrons. The van der Waals surface area contributed by atoms with Gasteiger partial charge in [0, 0.05) is 18.0 Å². The van der Waals surface area contributed by atoms with Crippen LogP contribution in [0.4, 0.5) is 5.69 Å². The molecule has 0 saturated heterocycles. The van der Waals surface area contributed by atoms with Crippen LogP contribution in [0.25, 0.3) is 17.1 Å². The summed E-state index contributed by atoms with van der Waals surface area (Å²) in [6.45, 7) is 4.09. The monoisotopic (exact) mass is 483 g/mol. The van der Waals surface area contributed by atoms with Gasteiger partial charge in [-0.1, -0.05) is 58.7 Å². The fourth-order valence-corrected chi connectivity index (χ4v) is 4.48. The van der Waals surface area contributed by atoms with Gasteiger partial charge in [0.1, 0.15) is 0 Å². The molecule has 6 nitrogen and oxygen atoms in total. The average molecular weight is 484 g/mol. The Bertz CT molecular complexity index is 1260. The summed E-state index contributed by atoms with van der Waals surface area (Å²) in [5, 5.41) is 12.9. The normalized spacial score (nSPS) is 10.9. The van der Waals surface area contributed by atoms with Crippen LogP contribution in [0.3, 0.4) is 0 Å². The van der Waals surface area contributed by atoms with E-state index in [1.54, 1.807) is 30.6 Å². The van der Waals surface area contributed by atoms with Crippen LogP contribution in [-0.2, 0) is 4.79 Å². The maximum Gasteiger partial charge on any atom is 0.234 e. The number of hydrogen-bond donors (Lipinski definition) is 1. The molecule has 0 bridgehead atoms. The summed E-state index contributed by atoms with van der Waals surface area (Å²) < 4.78 is 1.96. The molecular weight excluding hydrogens is 465 g/mol. The third kappa shape index (κ3) is 4.80. The first-order valence-corrected chi connectivity index (χ1v) is 11.5. The van der Waals surface area contributed by atoms with E-state index in [1.807, 2.05) is 42.7 Å². The molecule has 0 unspecified atom stereocenters. The molecular formula is C23H19Cl2N5OS. The highest BCUT2D eigenvalue weighted by Crippen LogP contribution is 2.32. The predicted molar refractivity (Wildman–Crippen MR) is 130 cm³/mol. The number of nitrogens with one attached hydrogen (secondary N) is 1. The molecule has 32 heavy (non-hydrogen) atoms. The van der Waals surface area contributed by atoms with Crippen LogP contribution in [-0.4, -0.2) is 31.4 Å². The maximum atomic E-state index is 12.6. The summed E-state index contributed by atoms with van der Waals surface area (Å²) in [4.78, 5) is 16.7. The Balaban J connectivity index is 1.64. The van der Waals surface area contributed by atoms with Crippen LogP contribution in [0.15, 0.2) is 66.1 Å². The third-order valence-electron chi connectivity index (χ3n) is 4.72. The molecule has 162 valence electrons. The van der Waals surface area contributed by atoms with Crippen molar-refractivity contribution in [1.29, 1.82) is 0 Å². The quantitative estimate of drug-likeness (QED) is 0.341. The first-order chi connectivity index (χ1) is 15.4. The number of carbonyl (C=O) groups is 1. The number of para-hydroxylation sites is 1. The number of amides is 1. The van der Waals surface area contributed by atoms with Crippen LogP contribution in [0, 0.1) is 13.8 Å². The van der Waals surface area contributed by atoms with E-state index >= 15 is 0 Å². The lowest BCUT2D eigenvalue weighted by Crippen LogP contribution is -2.15. The van der Waals surface area contributed by atoms with Gasteiger partial charge in [0.15, 0.2) is 11.0 Å². The second-order valence-electron chi connectivity index (χ2n) is 7.10. The Morgan fingerprint density at radius 2 is 1.75 bits per heavy atom. The molecule has 0 saturated carbocycles. The summed E-state index contributed by atoms with van der Waals surface area (Å²) in [6.07, 6.45) is 3.42. The first-order valence-electron chi connectivity index (χ1n) is 9.74. The van der Waals surface area contributed by atoms with Crippen molar-refractivity contribution in [3.8, 4) is 17.1 Å². The highest BCUT2D eigenvalue weighted by molar-refractivity contribution is 7.99. The molecule has 2 heterocycles. The van der Waals surface area contributed by atoms with E-state index in [1.165, 1.54) is 11.8 Å². The van der Waals surface area contributed by atoms with Crippen LogP contribution in [0.2, 0.25) is 10.0 Å². The van der Waals surface area contributed by atoms with Gasteiger partial charge in [-0.3, -0.25) is 14.3 Å². The number of aromatic nitrogens is 4. The zero-order chi connectivity index (χ0) is 22.7. The average Bonchev–Trinajstić information content (AvgIpc) is 3.19. The summed E-state index contributed by atoms with van der Waals surface area (Å²) in [5.41, 5.74) is 4.47. The van der Waals surface area contributed by atoms with E-state index in [4.69, 9.17) is 23.2 Å². The molecule has 0 aliphatic heterocycles. The Morgan fingerprint density at radius 1 is 1.03 bits per heavy atom. The van der Waals surface area contributed by atoms with Gasteiger partial charge in [-0.25, -0.2) is 0 Å². The van der Waals surface area contributed by atoms with Gasteiger partial charge in [-0.05, 0) is 49.7 Å². The summed E-state index contributed by atoms with van der Waals surface area (Å²) in [5.74, 6) is 0.544. The molecule has 4 rings (SSSR count). The molecule has 4 aromatic rings. The lowest BCUT2D eigenvalue weighted by Gasteiger charge is -2.14. The standard InChI is InChI=1S/C23H19Cl2N5OS/c1-14-6-7-19(15(2)12-14)30-22(16-8-10-26-11-9-16)28-29-23(30)32-13-20(31)27-21-17(24)4-3-5-18(21)25/h3-12H,13H2,1-2H3,(H,27,31). The molecule has 1 amide bonds. The fourth-order valence-electron chi connectivity index (χ4n) is 3.25. The topological polar surface area (TPSA) is 72.7 Å². The van der Waals surface area contributed by atoms with Crippen LogP contribution >= 0.6 is 35.0 Å². The van der Waals surface area contributed by atoms with Crippen molar-refractivity contribution in [1.82, 2.24) is 19.7 Å². The number of rotatable bonds is 6. The number of aryl methyl sites for hydroxylation is 2. The first kappa shape index (κ1) is 22.3. The van der Waals surface area contributed by atoms with Gasteiger partial charge in [0.25, 0.3) is 0 Å². The molecule has 0 aliphatic rings. The highest BCUT2D eigenvalue weighted by Gasteiger charge is 2.19. The van der Waals surface area contributed by atoms with Gasteiger partial charge in [0.05, 0.1) is 27.2 Å². The van der Waals surface area contributed by atoms with E-state index in [0.717, 1.165) is 22.4 Å². The Labute approximate surface area is 200 Å². The molecule has 0 atom stereocenters. The number of benzene rings is 2. The lowest BCUT2D eigenvalue weighted by molar-refractivity contribution is -0.113. The van der Waals surface area contributed by atoms with Gasteiger partial charge >= 0.3 is 0 Å². The number of carbonyl (C=O) groups excluding carboxylic acids is 1. The summed E-state index contributed by atoms with van der Waals surface area (Å²) >= 11 is 13.6. The van der Waals surface area contributed by atoms with E-state index < -0.39 is 0 Å². The molecule has 0 aliphatic carbocycles. The van der Waals surface area contributed by atoms with Crippen LogP contribution in [0.1, 0.15) is 11.1 Å². The number of anilines is 1. The third-order valence-corrected chi connectivity index (χ3v) is 6.28. The van der Waals surface area contributed by atoms with E-state index in [0.29, 0.717) is 26.7 Å². The lowest BCUT2D eigenvalue weighted by atomic mass is 10.1. The van der Waals surface area contributed by atoms with Crippen molar-refractivity contribution in [2.24, 2.45) is 0 Å². The molecule has 9 heteroatoms. The minimum atomic E-state index is -0.245. The van der Waals surface area contributed by atoms with E-state index in [-0.39, 0.29) is 11.7 Å². The molecule has 2 aromatic carbocycles. The second kappa shape index (κ2) is 9.73. The Hall–Kier alpha value is -2.87. The van der Waals surface area contributed by atoms with Crippen molar-refractivity contribution in [3.63, 3.8) is 0 Å². The van der Waals surface area contributed by atoms with Crippen molar-refractivity contribution in [3.05, 3.63) is 82.1 Å². The number of hydrogen-bond acceptors (Lipinski definition) is 5. The van der Waals surface area contributed by atoms with Gasteiger partial charge in [-0.2, -0.15) is 0 Å². The maximum absolute atomic E-state index is 12.6. The van der Waals surface area contributed by atoms with E-state index in [2.05, 4.69) is 26.6 Å². The van der Waals surface area contributed by atoms with Crippen molar-refractivity contribution >= 4 is 46.6 Å². The molecule has 0 fully saturated rings. The highest BCUT2D eigenvalue weighted by atomic mass is 35.5. The Morgan fingerprint density at radius 3 is 2.44 bits per heavy atom. The minimum absolute atomic E-state index is 0.112. The second-order valence-corrected chi connectivity index (χ2v) is 8.86.